The highest BCUT2D eigenvalue weighted by atomic mass is 16.5. The number of benzene rings is 2. The molecule has 0 atom stereocenters. The summed E-state index contributed by atoms with van der Waals surface area (Å²) in [5.74, 6) is 1.07. The van der Waals surface area contributed by atoms with E-state index in [0.717, 1.165) is 35.4 Å². The SMILES string of the molecule is COc1ccc2oc(C(=O)N(CCCN3CCCCC3)c3ccccc3)c(C)c2c1. The number of anilines is 1. The Labute approximate surface area is 178 Å². The first-order valence-electron chi connectivity index (χ1n) is 10.8. The molecule has 1 aromatic heterocycles. The van der Waals surface area contributed by atoms with Crippen molar-refractivity contribution < 1.29 is 13.9 Å². The molecule has 1 fully saturated rings. The number of furan rings is 1. The maximum absolute atomic E-state index is 13.6. The minimum atomic E-state index is -0.0903. The predicted octanol–water partition coefficient (Wildman–Crippen LogP) is 5.27. The van der Waals surface area contributed by atoms with Gasteiger partial charge in [0, 0.05) is 23.2 Å². The molecule has 0 spiro atoms. The summed E-state index contributed by atoms with van der Waals surface area (Å²) in [6.45, 7) is 5.97. The molecule has 3 aromatic rings. The van der Waals surface area contributed by atoms with Crippen LogP contribution in [0.1, 0.15) is 41.8 Å². The van der Waals surface area contributed by atoms with Crippen LogP contribution in [0.3, 0.4) is 0 Å². The van der Waals surface area contributed by atoms with Crippen LogP contribution in [0.25, 0.3) is 11.0 Å². The Morgan fingerprint density at radius 2 is 1.87 bits per heavy atom. The number of para-hydroxylation sites is 1. The molecule has 2 aromatic carbocycles. The number of rotatable bonds is 7. The summed E-state index contributed by atoms with van der Waals surface area (Å²) < 4.78 is 11.3. The molecule has 0 bridgehead atoms. The Kier molecular flexibility index (Phi) is 6.38. The fourth-order valence-corrected chi connectivity index (χ4v) is 4.24. The smallest absolute Gasteiger partial charge is 0.294 e. The minimum Gasteiger partial charge on any atom is -0.497 e. The molecule has 4 rings (SSSR count). The van der Waals surface area contributed by atoms with E-state index in [1.165, 1.54) is 32.4 Å². The molecule has 5 heteroatoms. The van der Waals surface area contributed by atoms with Crippen molar-refractivity contribution in [2.24, 2.45) is 0 Å². The lowest BCUT2D eigenvalue weighted by atomic mass is 10.1. The van der Waals surface area contributed by atoms with Gasteiger partial charge in [-0.15, -0.1) is 0 Å². The summed E-state index contributed by atoms with van der Waals surface area (Å²) in [4.78, 5) is 17.9. The van der Waals surface area contributed by atoms with Gasteiger partial charge in [-0.2, -0.15) is 0 Å². The van der Waals surface area contributed by atoms with Gasteiger partial charge in [0.2, 0.25) is 0 Å². The zero-order valence-corrected chi connectivity index (χ0v) is 17.9. The minimum absolute atomic E-state index is 0.0903. The summed E-state index contributed by atoms with van der Waals surface area (Å²) in [5.41, 5.74) is 2.46. The second kappa shape index (κ2) is 9.35. The molecule has 0 unspecified atom stereocenters. The van der Waals surface area contributed by atoms with E-state index >= 15 is 0 Å². The van der Waals surface area contributed by atoms with E-state index in [2.05, 4.69) is 4.90 Å². The molecule has 1 aliphatic rings. The molecular weight excluding hydrogens is 376 g/mol. The van der Waals surface area contributed by atoms with Gasteiger partial charge in [0.05, 0.1) is 7.11 Å². The monoisotopic (exact) mass is 406 g/mol. The van der Waals surface area contributed by atoms with Crippen LogP contribution in [0, 0.1) is 6.92 Å². The van der Waals surface area contributed by atoms with Crippen LogP contribution >= 0.6 is 0 Å². The number of nitrogens with zero attached hydrogens (tertiary/aromatic N) is 2. The molecule has 0 saturated carbocycles. The molecule has 5 nitrogen and oxygen atoms in total. The molecule has 0 radical (unpaired) electrons. The van der Waals surface area contributed by atoms with Crippen LogP contribution in [0.15, 0.2) is 52.9 Å². The fourth-order valence-electron chi connectivity index (χ4n) is 4.24. The first-order valence-corrected chi connectivity index (χ1v) is 10.8. The third-order valence-electron chi connectivity index (χ3n) is 5.96. The van der Waals surface area contributed by atoms with Crippen molar-refractivity contribution in [1.29, 1.82) is 0 Å². The van der Waals surface area contributed by atoms with Crippen molar-refractivity contribution in [2.75, 3.05) is 38.2 Å². The lowest BCUT2D eigenvalue weighted by Crippen LogP contribution is -2.36. The molecule has 1 aliphatic heterocycles. The number of aryl methyl sites for hydroxylation is 1. The van der Waals surface area contributed by atoms with E-state index in [-0.39, 0.29) is 5.91 Å². The van der Waals surface area contributed by atoms with E-state index < -0.39 is 0 Å². The molecule has 2 heterocycles. The highest BCUT2D eigenvalue weighted by Crippen LogP contribution is 2.30. The molecule has 0 N–H and O–H groups in total. The van der Waals surface area contributed by atoms with Crippen LogP contribution in [0.4, 0.5) is 5.69 Å². The number of methoxy groups -OCH3 is 1. The van der Waals surface area contributed by atoms with Crippen molar-refractivity contribution in [1.82, 2.24) is 4.90 Å². The van der Waals surface area contributed by atoms with E-state index in [0.29, 0.717) is 17.9 Å². The molecule has 0 aliphatic carbocycles. The second-order valence-corrected chi connectivity index (χ2v) is 7.97. The number of piperidine rings is 1. The highest BCUT2D eigenvalue weighted by molar-refractivity contribution is 6.08. The van der Waals surface area contributed by atoms with Gasteiger partial charge in [0.15, 0.2) is 5.76 Å². The van der Waals surface area contributed by atoms with Crippen LogP contribution in [-0.4, -0.2) is 44.1 Å². The average Bonchev–Trinajstić information content (AvgIpc) is 3.13. The van der Waals surface area contributed by atoms with Gasteiger partial charge >= 0.3 is 0 Å². The molecular formula is C25H30N2O3. The van der Waals surface area contributed by atoms with Gasteiger partial charge < -0.3 is 19.0 Å². The van der Waals surface area contributed by atoms with Crippen LogP contribution < -0.4 is 9.64 Å². The Morgan fingerprint density at radius 1 is 1.10 bits per heavy atom. The number of fused-ring (bicyclic) bond motifs is 1. The molecule has 158 valence electrons. The van der Waals surface area contributed by atoms with Crippen LogP contribution in [-0.2, 0) is 0 Å². The normalized spacial score (nSPS) is 14.7. The summed E-state index contributed by atoms with van der Waals surface area (Å²) in [7, 11) is 1.64. The van der Waals surface area contributed by atoms with Crippen LogP contribution in [0.5, 0.6) is 5.75 Å². The average molecular weight is 407 g/mol. The van der Waals surface area contributed by atoms with Crippen molar-refractivity contribution >= 4 is 22.6 Å². The first kappa shape index (κ1) is 20.5. The Hall–Kier alpha value is -2.79. The third kappa shape index (κ3) is 4.36. The van der Waals surface area contributed by atoms with Crippen molar-refractivity contribution in [3.63, 3.8) is 0 Å². The summed E-state index contributed by atoms with van der Waals surface area (Å²) in [5, 5.41) is 0.916. The second-order valence-electron chi connectivity index (χ2n) is 7.97. The van der Waals surface area contributed by atoms with E-state index in [9.17, 15) is 4.79 Å². The van der Waals surface area contributed by atoms with Gasteiger partial charge in [-0.25, -0.2) is 0 Å². The Morgan fingerprint density at radius 3 is 2.60 bits per heavy atom. The number of hydrogen-bond donors (Lipinski definition) is 0. The molecule has 1 amide bonds. The maximum Gasteiger partial charge on any atom is 0.294 e. The van der Waals surface area contributed by atoms with E-state index in [1.807, 2.05) is 60.4 Å². The quantitative estimate of drug-likeness (QED) is 0.536. The van der Waals surface area contributed by atoms with Crippen molar-refractivity contribution in [3.05, 3.63) is 59.9 Å². The van der Waals surface area contributed by atoms with E-state index in [4.69, 9.17) is 9.15 Å². The number of carbonyl (C=O) groups excluding carboxylic acids is 1. The van der Waals surface area contributed by atoms with Gasteiger partial charge in [-0.1, -0.05) is 24.6 Å². The van der Waals surface area contributed by atoms with Crippen molar-refractivity contribution in [2.45, 2.75) is 32.6 Å². The number of hydrogen-bond acceptors (Lipinski definition) is 4. The van der Waals surface area contributed by atoms with Gasteiger partial charge in [0.25, 0.3) is 5.91 Å². The van der Waals surface area contributed by atoms with Gasteiger partial charge in [0.1, 0.15) is 11.3 Å². The van der Waals surface area contributed by atoms with Crippen molar-refractivity contribution in [3.8, 4) is 5.75 Å². The lowest BCUT2D eigenvalue weighted by molar-refractivity contribution is 0.0960. The Bertz CT molecular complexity index is 990. The van der Waals surface area contributed by atoms with Gasteiger partial charge in [-0.3, -0.25) is 4.79 Å². The fraction of sp³-hybridized carbons (Fsp3) is 0.400. The summed E-state index contributed by atoms with van der Waals surface area (Å²) >= 11 is 0. The summed E-state index contributed by atoms with van der Waals surface area (Å²) in [6.07, 6.45) is 4.83. The zero-order chi connectivity index (χ0) is 20.9. The standard InChI is InChI=1S/C25H30N2O3/c1-19-22-18-21(29-2)12-13-23(22)30-24(19)25(28)27(20-10-5-3-6-11-20)17-9-16-26-14-7-4-8-15-26/h3,5-6,10-13,18H,4,7-9,14-17H2,1-2H3. The predicted molar refractivity (Wildman–Crippen MR) is 121 cm³/mol. The zero-order valence-electron chi connectivity index (χ0n) is 17.9. The molecule has 30 heavy (non-hydrogen) atoms. The molecule has 1 saturated heterocycles. The van der Waals surface area contributed by atoms with E-state index in [1.54, 1.807) is 7.11 Å². The number of amides is 1. The maximum atomic E-state index is 13.6. The summed E-state index contributed by atoms with van der Waals surface area (Å²) in [6, 6.07) is 15.5. The number of carbonyl (C=O) groups is 1. The lowest BCUT2D eigenvalue weighted by Gasteiger charge is -2.28. The third-order valence-corrected chi connectivity index (χ3v) is 5.96. The Balaban J connectivity index is 1.57. The first-order chi connectivity index (χ1) is 14.7. The highest BCUT2D eigenvalue weighted by Gasteiger charge is 2.25. The van der Waals surface area contributed by atoms with Gasteiger partial charge in [-0.05, 0) is 76.2 Å². The topological polar surface area (TPSA) is 45.9 Å². The largest absolute Gasteiger partial charge is 0.497 e. The van der Waals surface area contributed by atoms with Crippen LogP contribution in [0.2, 0.25) is 0 Å². The number of ether oxygens (including phenoxy) is 1. The number of likely N-dealkylation sites (tertiary alicyclic amines) is 1.